The van der Waals surface area contributed by atoms with E-state index in [-0.39, 0.29) is 31.2 Å². The topological polar surface area (TPSA) is 94.8 Å². The molecule has 0 aromatic heterocycles. The highest BCUT2D eigenvalue weighted by atomic mass is 35.5. The smallest absolute Gasteiger partial charge is 0.283 e. The minimum Gasteiger partial charge on any atom is -0.506 e. The van der Waals surface area contributed by atoms with E-state index in [4.69, 9.17) is 46.4 Å². The Morgan fingerprint density at radius 3 is 1.97 bits per heavy atom. The Balaban J connectivity index is 2.68. The molecule has 0 spiro atoms. The maximum absolute atomic E-state index is 13.0. The highest BCUT2D eigenvalue weighted by Gasteiger charge is 2.53. The number of benzene rings is 3. The minimum atomic E-state index is -5.18. The first kappa shape index (κ1) is 22.0. The van der Waals surface area contributed by atoms with Gasteiger partial charge in [0.1, 0.15) is 11.5 Å². The first-order valence-corrected chi connectivity index (χ1v) is 10.9. The Bertz CT molecular complexity index is 1210. The Morgan fingerprint density at radius 1 is 0.759 bits per heavy atom. The van der Waals surface area contributed by atoms with Gasteiger partial charge in [0.05, 0.1) is 10.0 Å². The van der Waals surface area contributed by atoms with Crippen LogP contribution in [-0.2, 0) is 14.9 Å². The van der Waals surface area contributed by atoms with Gasteiger partial charge in [0.25, 0.3) is 10.1 Å². The molecule has 29 heavy (non-hydrogen) atoms. The fourth-order valence-corrected chi connectivity index (χ4v) is 5.44. The number of hydrogen-bond acceptors (Lipinski definition) is 4. The molecule has 0 aliphatic rings. The van der Waals surface area contributed by atoms with Gasteiger partial charge in [-0.1, -0.05) is 70.7 Å². The molecule has 0 aliphatic carbocycles. The zero-order chi connectivity index (χ0) is 21.6. The van der Waals surface area contributed by atoms with Gasteiger partial charge in [0.2, 0.25) is 0 Å². The van der Waals surface area contributed by atoms with Crippen molar-refractivity contribution in [1.29, 1.82) is 0 Å². The first-order valence-electron chi connectivity index (χ1n) is 7.90. The maximum atomic E-state index is 13.0. The van der Waals surface area contributed by atoms with E-state index in [1.54, 1.807) is 0 Å². The third-order valence-electron chi connectivity index (χ3n) is 4.41. The molecule has 0 saturated carbocycles. The molecule has 3 aromatic rings. The number of aromatic hydroxyl groups is 2. The van der Waals surface area contributed by atoms with Gasteiger partial charge in [0, 0.05) is 21.2 Å². The summed E-state index contributed by atoms with van der Waals surface area (Å²) in [6.45, 7) is 0. The predicted molar refractivity (Wildman–Crippen MR) is 114 cm³/mol. The van der Waals surface area contributed by atoms with Gasteiger partial charge in [-0.05, 0) is 35.9 Å². The minimum absolute atomic E-state index is 0.107. The van der Waals surface area contributed by atoms with Crippen molar-refractivity contribution in [2.75, 3.05) is 0 Å². The lowest BCUT2D eigenvalue weighted by Gasteiger charge is -2.34. The second-order valence-corrected chi connectivity index (χ2v) is 9.28. The van der Waals surface area contributed by atoms with E-state index >= 15 is 0 Å². The maximum Gasteiger partial charge on any atom is 0.283 e. The Labute approximate surface area is 186 Å². The van der Waals surface area contributed by atoms with Crippen molar-refractivity contribution in [2.45, 2.75) is 4.75 Å². The number of para-hydroxylation sites is 1. The van der Waals surface area contributed by atoms with Crippen molar-refractivity contribution in [2.24, 2.45) is 0 Å². The number of rotatable bonds is 4. The van der Waals surface area contributed by atoms with Crippen molar-refractivity contribution in [3.8, 4) is 11.5 Å². The average molecular weight is 494 g/mol. The molecular formula is C19H12Cl4O5S. The summed E-state index contributed by atoms with van der Waals surface area (Å²) in [5.74, 6) is -1.33. The fraction of sp³-hybridized carbons (Fsp3) is 0.0526. The van der Waals surface area contributed by atoms with Gasteiger partial charge in [-0.3, -0.25) is 4.55 Å². The van der Waals surface area contributed by atoms with Gasteiger partial charge in [-0.2, -0.15) is 8.42 Å². The van der Waals surface area contributed by atoms with Crippen molar-refractivity contribution in [1.82, 2.24) is 0 Å². The van der Waals surface area contributed by atoms with Crippen LogP contribution in [0.15, 0.2) is 54.6 Å². The quantitative estimate of drug-likeness (QED) is 0.311. The van der Waals surface area contributed by atoms with Gasteiger partial charge in [-0.25, -0.2) is 0 Å². The van der Waals surface area contributed by atoms with Crippen LogP contribution < -0.4 is 0 Å². The third-order valence-corrected chi connectivity index (χ3v) is 7.01. The van der Waals surface area contributed by atoms with Crippen molar-refractivity contribution >= 4 is 56.5 Å². The van der Waals surface area contributed by atoms with Gasteiger partial charge in [0.15, 0.2) is 4.75 Å². The first-order chi connectivity index (χ1) is 13.5. The molecule has 0 heterocycles. The average Bonchev–Trinajstić information content (AvgIpc) is 2.64. The second-order valence-electron chi connectivity index (χ2n) is 6.06. The monoisotopic (exact) mass is 492 g/mol. The third kappa shape index (κ3) is 3.54. The zero-order valence-corrected chi connectivity index (χ0v) is 18.1. The number of phenolic OH excluding ortho intramolecular Hbond substituents is 2. The van der Waals surface area contributed by atoms with Crippen LogP contribution in [0.1, 0.15) is 16.7 Å². The van der Waals surface area contributed by atoms with E-state index in [0.29, 0.717) is 0 Å². The lowest BCUT2D eigenvalue weighted by molar-refractivity contribution is 0.428. The molecule has 0 bridgehead atoms. The lowest BCUT2D eigenvalue weighted by atomic mass is 9.83. The molecule has 1 unspecified atom stereocenters. The summed E-state index contributed by atoms with van der Waals surface area (Å²) in [5.41, 5.74) is -0.923. The van der Waals surface area contributed by atoms with Gasteiger partial charge < -0.3 is 10.2 Å². The SMILES string of the molecule is O=S(=O)(O)C(c1cccc(Cl)c1)(c1cccc(Cl)c1O)c1c(Cl)ccc(Cl)c1O. The Hall–Kier alpha value is -1.67. The van der Waals surface area contributed by atoms with E-state index in [9.17, 15) is 23.2 Å². The lowest BCUT2D eigenvalue weighted by Crippen LogP contribution is -2.38. The summed E-state index contributed by atoms with van der Waals surface area (Å²) in [6, 6.07) is 12.0. The van der Waals surface area contributed by atoms with Crippen LogP contribution in [0.5, 0.6) is 11.5 Å². The predicted octanol–water partition coefficient (Wildman–Crippen LogP) is 5.89. The van der Waals surface area contributed by atoms with E-state index in [1.165, 1.54) is 54.6 Å². The zero-order valence-electron chi connectivity index (χ0n) is 14.3. The van der Waals surface area contributed by atoms with E-state index < -0.39 is 31.9 Å². The molecule has 5 nitrogen and oxygen atoms in total. The molecule has 3 aromatic carbocycles. The van der Waals surface area contributed by atoms with Crippen LogP contribution in [0.4, 0.5) is 0 Å². The molecule has 1 atom stereocenters. The van der Waals surface area contributed by atoms with Gasteiger partial charge in [-0.15, -0.1) is 0 Å². The largest absolute Gasteiger partial charge is 0.506 e. The number of phenols is 2. The van der Waals surface area contributed by atoms with Crippen LogP contribution in [-0.4, -0.2) is 23.2 Å². The van der Waals surface area contributed by atoms with E-state index in [0.717, 1.165) is 0 Å². The van der Waals surface area contributed by atoms with Gasteiger partial charge >= 0.3 is 0 Å². The fourth-order valence-electron chi connectivity index (χ4n) is 3.23. The Morgan fingerprint density at radius 2 is 1.34 bits per heavy atom. The molecular weight excluding hydrogens is 482 g/mol. The van der Waals surface area contributed by atoms with E-state index in [2.05, 4.69) is 0 Å². The molecule has 3 rings (SSSR count). The molecule has 0 radical (unpaired) electrons. The summed E-state index contributed by atoms with van der Waals surface area (Å²) < 4.78 is 33.9. The molecule has 0 aliphatic heterocycles. The Kier molecular flexibility index (Phi) is 5.98. The molecule has 0 amide bonds. The van der Waals surface area contributed by atoms with Crippen LogP contribution in [0.2, 0.25) is 20.1 Å². The summed E-state index contributed by atoms with van der Waals surface area (Å²) in [6.07, 6.45) is 0. The van der Waals surface area contributed by atoms with Crippen LogP contribution >= 0.6 is 46.4 Å². The molecule has 10 heteroatoms. The second kappa shape index (κ2) is 7.87. The van der Waals surface area contributed by atoms with E-state index in [1.807, 2.05) is 0 Å². The molecule has 3 N–H and O–H groups in total. The highest BCUT2D eigenvalue weighted by molar-refractivity contribution is 7.87. The van der Waals surface area contributed by atoms with Crippen LogP contribution in [0.25, 0.3) is 0 Å². The van der Waals surface area contributed by atoms with Crippen LogP contribution in [0, 0.1) is 0 Å². The van der Waals surface area contributed by atoms with Crippen molar-refractivity contribution in [3.63, 3.8) is 0 Å². The van der Waals surface area contributed by atoms with Crippen molar-refractivity contribution < 1.29 is 23.2 Å². The summed E-state index contributed by atoms with van der Waals surface area (Å²) in [5, 5.41) is 20.8. The summed E-state index contributed by atoms with van der Waals surface area (Å²) >= 11 is 24.4. The van der Waals surface area contributed by atoms with Crippen LogP contribution in [0.3, 0.4) is 0 Å². The highest BCUT2D eigenvalue weighted by Crippen LogP contribution is 2.54. The summed E-state index contributed by atoms with van der Waals surface area (Å²) in [4.78, 5) is 0. The number of halogens is 4. The molecule has 0 fully saturated rings. The standard InChI is InChI=1S/C19H12Cl4O5S/c20-11-4-1-3-10(9-11)19(29(26,27)28,12-5-2-6-14(22)17(12)24)16-13(21)7-8-15(23)18(16)25/h1-9,24-25H,(H,26,27,28). The van der Waals surface area contributed by atoms with Crippen molar-refractivity contribution in [3.05, 3.63) is 91.4 Å². The number of hydrogen-bond donors (Lipinski definition) is 3. The molecule has 0 saturated heterocycles. The normalized spacial score (nSPS) is 13.8. The summed E-state index contributed by atoms with van der Waals surface area (Å²) in [7, 11) is -5.18. The molecule has 152 valence electrons.